The van der Waals surface area contributed by atoms with E-state index in [2.05, 4.69) is 5.32 Å². The first-order chi connectivity index (χ1) is 8.12. The van der Waals surface area contributed by atoms with Gasteiger partial charge in [-0.15, -0.1) is 0 Å². The Hall–Kier alpha value is -1.55. The normalized spacial score (nSPS) is 13.8. The highest BCUT2D eigenvalue weighted by Crippen LogP contribution is 2.14. The number of para-hydroxylation sites is 1. The third kappa shape index (κ3) is 3.75. The van der Waals surface area contributed by atoms with Crippen molar-refractivity contribution in [2.45, 2.75) is 18.9 Å². The molecule has 0 saturated carbocycles. The molecule has 0 aliphatic carbocycles. The van der Waals surface area contributed by atoms with Crippen LogP contribution in [0.1, 0.15) is 13.3 Å². The summed E-state index contributed by atoms with van der Waals surface area (Å²) in [5.74, 6) is 0.521. The molecule has 4 heteroatoms. The molecule has 0 amide bonds. The van der Waals surface area contributed by atoms with Crippen molar-refractivity contribution in [2.24, 2.45) is 0 Å². The quantitative estimate of drug-likeness (QED) is 0.764. The number of nitrogens with one attached hydrogen (secondary N) is 1. The molecule has 0 saturated heterocycles. The van der Waals surface area contributed by atoms with Crippen LogP contribution in [0.15, 0.2) is 30.3 Å². The van der Waals surface area contributed by atoms with E-state index in [4.69, 9.17) is 9.47 Å². The molecule has 1 N–H and O–H groups in total. The molecule has 1 atom stereocenters. The molecule has 0 aromatic heterocycles. The molecule has 1 aromatic rings. The van der Waals surface area contributed by atoms with Gasteiger partial charge in [-0.05, 0) is 26.1 Å². The molecule has 0 spiro atoms. The highest BCUT2D eigenvalue weighted by molar-refractivity contribution is 5.80. The Morgan fingerprint density at radius 2 is 2.00 bits per heavy atom. The average Bonchev–Trinajstić information content (AvgIpc) is 2.38. The number of carbonyl (C=O) groups excluding carboxylic acids is 1. The fourth-order valence-corrected chi connectivity index (χ4v) is 1.44. The van der Waals surface area contributed by atoms with Crippen LogP contribution >= 0.6 is 0 Å². The lowest BCUT2D eigenvalue weighted by Crippen LogP contribution is -2.49. The van der Waals surface area contributed by atoms with E-state index in [9.17, 15) is 4.79 Å². The van der Waals surface area contributed by atoms with Crippen molar-refractivity contribution in [3.05, 3.63) is 30.3 Å². The van der Waals surface area contributed by atoms with Gasteiger partial charge in [0.15, 0.2) is 0 Å². The maximum atomic E-state index is 11.6. The molecule has 0 fully saturated rings. The lowest BCUT2D eigenvalue weighted by atomic mass is 9.99. The fraction of sp³-hybridized carbons (Fsp3) is 0.462. The number of rotatable bonds is 6. The van der Waals surface area contributed by atoms with Gasteiger partial charge in [-0.1, -0.05) is 18.2 Å². The number of ether oxygens (including phenoxy) is 2. The minimum Gasteiger partial charge on any atom is -0.494 e. The number of likely N-dealkylation sites (N-methyl/N-ethyl adjacent to an activating group) is 1. The third-order valence-corrected chi connectivity index (χ3v) is 2.80. The zero-order valence-electron chi connectivity index (χ0n) is 10.5. The van der Waals surface area contributed by atoms with Crippen molar-refractivity contribution in [2.75, 3.05) is 20.8 Å². The van der Waals surface area contributed by atoms with Gasteiger partial charge < -0.3 is 14.8 Å². The maximum absolute atomic E-state index is 11.6. The van der Waals surface area contributed by atoms with E-state index < -0.39 is 5.54 Å². The summed E-state index contributed by atoms with van der Waals surface area (Å²) in [7, 11) is 3.12. The Bertz CT molecular complexity index is 353. The molecular weight excluding hydrogens is 218 g/mol. The van der Waals surface area contributed by atoms with Gasteiger partial charge in [0.05, 0.1) is 13.7 Å². The van der Waals surface area contributed by atoms with Crippen LogP contribution in [0, 0.1) is 0 Å². The van der Waals surface area contributed by atoms with E-state index in [1.54, 1.807) is 14.0 Å². The second-order valence-corrected chi connectivity index (χ2v) is 3.99. The van der Waals surface area contributed by atoms with Gasteiger partial charge in [-0.3, -0.25) is 4.79 Å². The molecule has 0 bridgehead atoms. The van der Waals surface area contributed by atoms with Crippen molar-refractivity contribution < 1.29 is 14.3 Å². The van der Waals surface area contributed by atoms with Crippen LogP contribution in [-0.4, -0.2) is 32.3 Å². The first-order valence-corrected chi connectivity index (χ1v) is 5.57. The van der Waals surface area contributed by atoms with E-state index in [0.29, 0.717) is 13.0 Å². The van der Waals surface area contributed by atoms with E-state index in [0.717, 1.165) is 5.75 Å². The van der Waals surface area contributed by atoms with Crippen LogP contribution in [0.2, 0.25) is 0 Å². The first-order valence-electron chi connectivity index (χ1n) is 5.57. The number of methoxy groups -OCH3 is 1. The summed E-state index contributed by atoms with van der Waals surface area (Å²) >= 11 is 0. The maximum Gasteiger partial charge on any atom is 0.325 e. The second kappa shape index (κ2) is 6.25. The van der Waals surface area contributed by atoms with E-state index in [1.807, 2.05) is 30.3 Å². The van der Waals surface area contributed by atoms with Crippen LogP contribution in [-0.2, 0) is 9.53 Å². The fourth-order valence-electron chi connectivity index (χ4n) is 1.44. The number of esters is 1. The summed E-state index contributed by atoms with van der Waals surface area (Å²) in [4.78, 5) is 11.6. The zero-order chi connectivity index (χ0) is 12.7. The van der Waals surface area contributed by atoms with E-state index >= 15 is 0 Å². The Kier molecular flexibility index (Phi) is 4.97. The Morgan fingerprint density at radius 1 is 1.35 bits per heavy atom. The predicted octanol–water partition coefficient (Wildman–Crippen LogP) is 1.61. The number of carbonyl (C=O) groups is 1. The lowest BCUT2D eigenvalue weighted by Gasteiger charge is -2.25. The molecule has 1 aromatic carbocycles. The summed E-state index contributed by atoms with van der Waals surface area (Å²) in [6.45, 7) is 2.25. The van der Waals surface area contributed by atoms with Crippen molar-refractivity contribution in [1.82, 2.24) is 5.32 Å². The topological polar surface area (TPSA) is 47.6 Å². The van der Waals surface area contributed by atoms with Crippen LogP contribution in [0.3, 0.4) is 0 Å². The van der Waals surface area contributed by atoms with Crippen molar-refractivity contribution >= 4 is 5.97 Å². The van der Waals surface area contributed by atoms with Gasteiger partial charge in [0, 0.05) is 6.42 Å². The second-order valence-electron chi connectivity index (χ2n) is 3.99. The van der Waals surface area contributed by atoms with E-state index in [1.165, 1.54) is 7.11 Å². The lowest BCUT2D eigenvalue weighted by molar-refractivity contribution is -0.148. The highest BCUT2D eigenvalue weighted by Gasteiger charge is 2.32. The molecule has 1 unspecified atom stereocenters. The monoisotopic (exact) mass is 237 g/mol. The summed E-state index contributed by atoms with van der Waals surface area (Å²) in [5, 5.41) is 2.96. The molecule has 17 heavy (non-hydrogen) atoms. The largest absolute Gasteiger partial charge is 0.494 e. The number of benzene rings is 1. The molecule has 4 nitrogen and oxygen atoms in total. The molecule has 1 rings (SSSR count). The smallest absolute Gasteiger partial charge is 0.325 e. The van der Waals surface area contributed by atoms with Gasteiger partial charge in [-0.2, -0.15) is 0 Å². The van der Waals surface area contributed by atoms with Crippen LogP contribution in [0.25, 0.3) is 0 Å². The molecule has 94 valence electrons. The highest BCUT2D eigenvalue weighted by atomic mass is 16.5. The van der Waals surface area contributed by atoms with Gasteiger partial charge in [0.2, 0.25) is 0 Å². The van der Waals surface area contributed by atoms with Gasteiger partial charge >= 0.3 is 5.97 Å². The van der Waals surface area contributed by atoms with Gasteiger partial charge in [0.1, 0.15) is 11.3 Å². The summed E-state index contributed by atoms with van der Waals surface area (Å²) in [6.07, 6.45) is 0.547. The minimum atomic E-state index is -0.705. The van der Waals surface area contributed by atoms with Gasteiger partial charge in [-0.25, -0.2) is 0 Å². The van der Waals surface area contributed by atoms with E-state index in [-0.39, 0.29) is 5.97 Å². The zero-order valence-corrected chi connectivity index (χ0v) is 10.5. The molecule has 0 radical (unpaired) electrons. The van der Waals surface area contributed by atoms with Crippen LogP contribution in [0.4, 0.5) is 0 Å². The minimum absolute atomic E-state index is 0.281. The van der Waals surface area contributed by atoms with Crippen LogP contribution in [0.5, 0.6) is 5.75 Å². The molecular formula is C13H19NO3. The van der Waals surface area contributed by atoms with Crippen molar-refractivity contribution in [1.29, 1.82) is 0 Å². The SMILES string of the molecule is CNC(C)(CCOc1ccccc1)C(=O)OC. The average molecular weight is 237 g/mol. The Labute approximate surface area is 102 Å². The number of hydrogen-bond donors (Lipinski definition) is 1. The van der Waals surface area contributed by atoms with Crippen molar-refractivity contribution in [3.8, 4) is 5.75 Å². The van der Waals surface area contributed by atoms with Crippen LogP contribution < -0.4 is 10.1 Å². The summed E-state index contributed by atoms with van der Waals surface area (Å²) in [5.41, 5.74) is -0.705. The third-order valence-electron chi connectivity index (χ3n) is 2.80. The summed E-state index contributed by atoms with van der Waals surface area (Å²) in [6, 6.07) is 9.52. The standard InChI is InChI=1S/C13H19NO3/c1-13(14-2,12(15)16-3)9-10-17-11-7-5-4-6-8-11/h4-8,14H,9-10H2,1-3H3. The molecule has 0 aliphatic heterocycles. The molecule has 0 aliphatic rings. The van der Waals surface area contributed by atoms with Gasteiger partial charge in [0.25, 0.3) is 0 Å². The number of hydrogen-bond acceptors (Lipinski definition) is 4. The Morgan fingerprint density at radius 3 is 2.53 bits per heavy atom. The predicted molar refractivity (Wildman–Crippen MR) is 66.0 cm³/mol. The summed E-state index contributed by atoms with van der Waals surface area (Å²) < 4.78 is 10.3. The Balaban J connectivity index is 2.46. The van der Waals surface area contributed by atoms with Crippen molar-refractivity contribution in [3.63, 3.8) is 0 Å². The molecule has 0 heterocycles. The first kappa shape index (κ1) is 13.5.